The van der Waals surface area contributed by atoms with Gasteiger partial charge in [-0.1, -0.05) is 13.8 Å². The number of hydrogen-bond acceptors (Lipinski definition) is 2. The molecule has 1 N–H and O–H groups in total. The van der Waals surface area contributed by atoms with Crippen LogP contribution >= 0.6 is 0 Å². The summed E-state index contributed by atoms with van der Waals surface area (Å²) in [6, 6.07) is 0. The lowest BCUT2D eigenvalue weighted by Gasteiger charge is -2.53. The van der Waals surface area contributed by atoms with Crippen molar-refractivity contribution in [3.05, 3.63) is 0 Å². The number of nitrogens with zero attached hydrogens (tertiary/aromatic N) is 1. The van der Waals surface area contributed by atoms with Gasteiger partial charge in [0.1, 0.15) is 0 Å². The van der Waals surface area contributed by atoms with Crippen molar-refractivity contribution in [1.82, 2.24) is 10.2 Å². The van der Waals surface area contributed by atoms with Gasteiger partial charge in [0.25, 0.3) is 0 Å². The summed E-state index contributed by atoms with van der Waals surface area (Å²) in [6.07, 6.45) is 4.16. The third-order valence-electron chi connectivity index (χ3n) is 3.26. The van der Waals surface area contributed by atoms with Gasteiger partial charge in [0.15, 0.2) is 0 Å². The van der Waals surface area contributed by atoms with Gasteiger partial charge in [0.2, 0.25) is 0 Å². The molecule has 2 heterocycles. The second-order valence-electron chi connectivity index (χ2n) is 3.65. The van der Waals surface area contributed by atoms with E-state index in [1.807, 2.05) is 13.8 Å². The standard InChI is InChI=1S/C8H16N2.C2H6/c1-10-7-4-8(10)2-5-9-6-3-8;1-2/h9H,2-7H2,1H3;1-2H3. The fourth-order valence-electron chi connectivity index (χ4n) is 2.18. The molecule has 0 unspecified atom stereocenters. The first-order valence-corrected chi connectivity index (χ1v) is 5.25. The summed E-state index contributed by atoms with van der Waals surface area (Å²) < 4.78 is 0. The van der Waals surface area contributed by atoms with E-state index in [2.05, 4.69) is 17.3 Å². The number of hydrogen-bond donors (Lipinski definition) is 1. The van der Waals surface area contributed by atoms with Crippen LogP contribution in [0.2, 0.25) is 0 Å². The van der Waals surface area contributed by atoms with Gasteiger partial charge < -0.3 is 10.2 Å². The molecule has 0 amide bonds. The third-order valence-corrected chi connectivity index (χ3v) is 3.26. The van der Waals surface area contributed by atoms with Crippen molar-refractivity contribution in [1.29, 1.82) is 0 Å². The Morgan fingerprint density at radius 2 is 1.67 bits per heavy atom. The Labute approximate surface area is 76.3 Å². The zero-order valence-corrected chi connectivity index (χ0v) is 8.69. The van der Waals surface area contributed by atoms with E-state index in [-0.39, 0.29) is 0 Å². The summed E-state index contributed by atoms with van der Waals surface area (Å²) in [6.45, 7) is 7.77. The molecule has 0 bridgehead atoms. The number of rotatable bonds is 0. The number of piperidine rings is 1. The molecule has 2 saturated heterocycles. The van der Waals surface area contributed by atoms with Crippen molar-refractivity contribution in [3.8, 4) is 0 Å². The lowest BCUT2D eigenvalue weighted by atomic mass is 9.77. The van der Waals surface area contributed by atoms with E-state index in [9.17, 15) is 0 Å². The van der Waals surface area contributed by atoms with Crippen LogP contribution in [0.5, 0.6) is 0 Å². The molecule has 12 heavy (non-hydrogen) atoms. The van der Waals surface area contributed by atoms with Gasteiger partial charge in [0.05, 0.1) is 0 Å². The first kappa shape index (κ1) is 10.0. The summed E-state index contributed by atoms with van der Waals surface area (Å²) in [5.41, 5.74) is 0.630. The van der Waals surface area contributed by atoms with Gasteiger partial charge in [-0.15, -0.1) is 0 Å². The molecule has 2 aliphatic rings. The predicted molar refractivity (Wildman–Crippen MR) is 53.4 cm³/mol. The van der Waals surface area contributed by atoms with E-state index in [0.29, 0.717) is 5.54 Å². The molecule has 0 aromatic rings. The van der Waals surface area contributed by atoms with Gasteiger partial charge in [0, 0.05) is 12.1 Å². The average Bonchev–Trinajstić information content (AvgIpc) is 2.20. The van der Waals surface area contributed by atoms with E-state index >= 15 is 0 Å². The maximum absolute atomic E-state index is 3.40. The van der Waals surface area contributed by atoms with Gasteiger partial charge in [-0.3, -0.25) is 0 Å². The van der Waals surface area contributed by atoms with Gasteiger partial charge in [-0.2, -0.15) is 0 Å². The summed E-state index contributed by atoms with van der Waals surface area (Å²) in [5.74, 6) is 0. The van der Waals surface area contributed by atoms with Gasteiger partial charge in [-0.25, -0.2) is 0 Å². The molecule has 72 valence electrons. The molecule has 2 heteroatoms. The molecule has 2 nitrogen and oxygen atoms in total. The Hall–Kier alpha value is -0.0800. The Balaban J connectivity index is 0.000000336. The smallest absolute Gasteiger partial charge is 0.0242 e. The van der Waals surface area contributed by atoms with Crippen LogP contribution < -0.4 is 5.32 Å². The van der Waals surface area contributed by atoms with Crippen molar-refractivity contribution in [2.24, 2.45) is 0 Å². The highest BCUT2D eigenvalue weighted by Crippen LogP contribution is 2.36. The monoisotopic (exact) mass is 170 g/mol. The lowest BCUT2D eigenvalue weighted by molar-refractivity contribution is -0.0139. The first-order chi connectivity index (χ1) is 5.83. The van der Waals surface area contributed by atoms with Crippen LogP contribution in [0.1, 0.15) is 33.1 Å². The molecule has 0 atom stereocenters. The van der Waals surface area contributed by atoms with Crippen LogP contribution in [0.15, 0.2) is 0 Å². The zero-order valence-electron chi connectivity index (χ0n) is 8.69. The first-order valence-electron chi connectivity index (χ1n) is 5.25. The summed E-state index contributed by atoms with van der Waals surface area (Å²) in [7, 11) is 2.26. The molecule has 1 spiro atoms. The Morgan fingerprint density at radius 3 is 1.92 bits per heavy atom. The van der Waals surface area contributed by atoms with Crippen LogP contribution in [0, 0.1) is 0 Å². The fourth-order valence-corrected chi connectivity index (χ4v) is 2.18. The molecule has 0 aliphatic carbocycles. The SMILES string of the molecule is CC.CN1CCC12CCNCC2. The number of nitrogens with one attached hydrogen (secondary N) is 1. The molecular formula is C10H22N2. The van der Waals surface area contributed by atoms with E-state index in [1.165, 1.54) is 38.9 Å². The van der Waals surface area contributed by atoms with Crippen molar-refractivity contribution >= 4 is 0 Å². The van der Waals surface area contributed by atoms with Crippen LogP contribution in [0.3, 0.4) is 0 Å². The van der Waals surface area contributed by atoms with Crippen molar-refractivity contribution in [2.45, 2.75) is 38.6 Å². The van der Waals surface area contributed by atoms with E-state index in [4.69, 9.17) is 0 Å². The minimum atomic E-state index is 0.630. The summed E-state index contributed by atoms with van der Waals surface area (Å²) in [4.78, 5) is 2.52. The molecular weight excluding hydrogens is 148 g/mol. The molecule has 0 aromatic heterocycles. The largest absolute Gasteiger partial charge is 0.317 e. The quantitative estimate of drug-likeness (QED) is 0.592. The molecule has 0 aromatic carbocycles. The third kappa shape index (κ3) is 1.64. The topological polar surface area (TPSA) is 15.3 Å². The highest BCUT2D eigenvalue weighted by Gasteiger charge is 2.42. The maximum atomic E-state index is 3.40. The van der Waals surface area contributed by atoms with E-state index in [1.54, 1.807) is 0 Å². The Morgan fingerprint density at radius 1 is 1.08 bits per heavy atom. The second kappa shape index (κ2) is 4.24. The van der Waals surface area contributed by atoms with Crippen molar-refractivity contribution < 1.29 is 0 Å². The fraction of sp³-hybridized carbons (Fsp3) is 1.00. The summed E-state index contributed by atoms with van der Waals surface area (Å²) >= 11 is 0. The summed E-state index contributed by atoms with van der Waals surface area (Å²) in [5, 5.41) is 3.40. The average molecular weight is 170 g/mol. The lowest BCUT2D eigenvalue weighted by Crippen LogP contribution is -2.61. The van der Waals surface area contributed by atoms with Crippen LogP contribution in [-0.4, -0.2) is 37.1 Å². The van der Waals surface area contributed by atoms with Crippen LogP contribution in [-0.2, 0) is 0 Å². The maximum Gasteiger partial charge on any atom is 0.0242 e. The van der Waals surface area contributed by atoms with Crippen molar-refractivity contribution in [3.63, 3.8) is 0 Å². The van der Waals surface area contributed by atoms with E-state index < -0.39 is 0 Å². The predicted octanol–water partition coefficient (Wildman–Crippen LogP) is 1.47. The second-order valence-corrected chi connectivity index (χ2v) is 3.65. The van der Waals surface area contributed by atoms with Crippen molar-refractivity contribution in [2.75, 3.05) is 26.7 Å². The van der Waals surface area contributed by atoms with Crippen LogP contribution in [0.25, 0.3) is 0 Å². The number of likely N-dealkylation sites (tertiary alicyclic amines) is 1. The Bertz CT molecular complexity index is 128. The van der Waals surface area contributed by atoms with Crippen LogP contribution in [0.4, 0.5) is 0 Å². The molecule has 0 radical (unpaired) electrons. The van der Waals surface area contributed by atoms with Gasteiger partial charge >= 0.3 is 0 Å². The minimum absolute atomic E-state index is 0.630. The molecule has 2 rings (SSSR count). The Kier molecular flexibility index (Phi) is 3.53. The highest BCUT2D eigenvalue weighted by atomic mass is 15.2. The minimum Gasteiger partial charge on any atom is -0.317 e. The molecule has 0 saturated carbocycles. The normalized spacial score (nSPS) is 27.2. The zero-order chi connectivity index (χ0) is 9.03. The highest BCUT2D eigenvalue weighted by molar-refractivity contribution is 5.00. The van der Waals surface area contributed by atoms with Gasteiger partial charge in [-0.05, 0) is 39.4 Å². The van der Waals surface area contributed by atoms with E-state index in [0.717, 1.165) is 0 Å². The molecule has 2 fully saturated rings. The molecule has 2 aliphatic heterocycles.